The van der Waals surface area contributed by atoms with Gasteiger partial charge in [-0.2, -0.15) is 0 Å². The third kappa shape index (κ3) is 4.55. The minimum atomic E-state index is 0.415. The Morgan fingerprint density at radius 3 is 2.07 bits per heavy atom. The molecule has 0 atom stereocenters. The van der Waals surface area contributed by atoms with Gasteiger partial charge in [0.2, 0.25) is 0 Å². The monoisotopic (exact) mass is 468 g/mol. The van der Waals surface area contributed by atoms with Gasteiger partial charge >= 0.3 is 0 Å². The van der Waals surface area contributed by atoms with Gasteiger partial charge in [0.15, 0.2) is 0 Å². The highest BCUT2D eigenvalue weighted by atomic mass is 79.9. The largest absolute Gasteiger partial charge is 0.490 e. The number of nitrogens with two attached hydrogens (primary N) is 2. The summed E-state index contributed by atoms with van der Waals surface area (Å²) < 4.78 is 18.1. The number of anilines is 2. The van der Waals surface area contributed by atoms with Crippen LogP contribution in [0.3, 0.4) is 0 Å². The van der Waals surface area contributed by atoms with Gasteiger partial charge in [-0.1, -0.05) is 12.1 Å². The van der Waals surface area contributed by atoms with E-state index in [4.69, 9.17) is 25.7 Å². The summed E-state index contributed by atoms with van der Waals surface area (Å²) in [6, 6.07) is 17.0. The SMILES string of the molecule is Nc1ccc2c(OCCOCCOc3cccc4nc(N)c(Br)cc34)cccc2n1. The van der Waals surface area contributed by atoms with Crippen molar-refractivity contribution in [3.8, 4) is 11.5 Å². The quantitative estimate of drug-likeness (QED) is 0.373. The first-order valence-electron chi connectivity index (χ1n) is 9.45. The van der Waals surface area contributed by atoms with Crippen LogP contribution in [-0.4, -0.2) is 36.4 Å². The molecule has 2 heterocycles. The van der Waals surface area contributed by atoms with Crippen molar-refractivity contribution >= 4 is 49.4 Å². The molecule has 0 amide bonds. The topological polar surface area (TPSA) is 106 Å². The Kier molecular flexibility index (Phi) is 6.15. The molecule has 0 unspecified atom stereocenters. The minimum absolute atomic E-state index is 0.415. The van der Waals surface area contributed by atoms with Crippen LogP contribution in [0, 0.1) is 0 Å². The van der Waals surface area contributed by atoms with Crippen molar-refractivity contribution in [2.45, 2.75) is 0 Å². The average molecular weight is 469 g/mol. The van der Waals surface area contributed by atoms with Crippen molar-refractivity contribution in [3.05, 3.63) is 59.1 Å². The Hall–Kier alpha value is -3.10. The number of ether oxygens (including phenoxy) is 3. The van der Waals surface area contributed by atoms with E-state index in [0.717, 1.165) is 37.8 Å². The average Bonchev–Trinajstić information content (AvgIpc) is 2.74. The third-order valence-corrected chi connectivity index (χ3v) is 5.12. The van der Waals surface area contributed by atoms with Crippen LogP contribution < -0.4 is 20.9 Å². The molecule has 0 saturated carbocycles. The molecule has 154 valence electrons. The maximum Gasteiger partial charge on any atom is 0.138 e. The molecule has 0 fully saturated rings. The third-order valence-electron chi connectivity index (χ3n) is 4.48. The van der Waals surface area contributed by atoms with Crippen molar-refractivity contribution in [1.82, 2.24) is 9.97 Å². The number of hydrogen-bond acceptors (Lipinski definition) is 7. The van der Waals surface area contributed by atoms with Gasteiger partial charge in [-0.05, 0) is 58.4 Å². The van der Waals surface area contributed by atoms with Gasteiger partial charge in [0.25, 0.3) is 0 Å². The Morgan fingerprint density at radius 2 is 1.37 bits per heavy atom. The zero-order valence-electron chi connectivity index (χ0n) is 16.2. The predicted molar refractivity (Wildman–Crippen MR) is 122 cm³/mol. The van der Waals surface area contributed by atoms with Crippen LogP contribution in [0.15, 0.2) is 59.1 Å². The molecule has 4 aromatic rings. The summed E-state index contributed by atoms with van der Waals surface area (Å²) in [5.41, 5.74) is 13.2. The molecule has 4 N–H and O–H groups in total. The van der Waals surface area contributed by atoms with E-state index in [2.05, 4.69) is 25.9 Å². The maximum absolute atomic E-state index is 5.86. The molecule has 4 rings (SSSR count). The summed E-state index contributed by atoms with van der Waals surface area (Å²) in [5, 5.41) is 1.82. The molecule has 0 bridgehead atoms. The first-order valence-corrected chi connectivity index (χ1v) is 10.2. The van der Waals surface area contributed by atoms with E-state index in [1.807, 2.05) is 48.5 Å². The molecule has 2 aromatic heterocycles. The van der Waals surface area contributed by atoms with Crippen molar-refractivity contribution in [3.63, 3.8) is 0 Å². The second-order valence-electron chi connectivity index (χ2n) is 6.55. The van der Waals surface area contributed by atoms with Gasteiger partial charge in [-0.3, -0.25) is 0 Å². The van der Waals surface area contributed by atoms with E-state index < -0.39 is 0 Å². The highest BCUT2D eigenvalue weighted by Crippen LogP contribution is 2.30. The molecular weight excluding hydrogens is 448 g/mol. The van der Waals surface area contributed by atoms with E-state index in [0.29, 0.717) is 38.1 Å². The molecule has 0 aliphatic rings. The Morgan fingerprint density at radius 1 is 0.733 bits per heavy atom. The van der Waals surface area contributed by atoms with E-state index in [1.54, 1.807) is 6.07 Å². The zero-order valence-corrected chi connectivity index (χ0v) is 17.8. The molecule has 0 radical (unpaired) electrons. The minimum Gasteiger partial charge on any atom is -0.490 e. The highest BCUT2D eigenvalue weighted by Gasteiger charge is 2.07. The molecule has 8 heteroatoms. The fourth-order valence-corrected chi connectivity index (χ4v) is 3.39. The molecule has 0 saturated heterocycles. The summed E-state index contributed by atoms with van der Waals surface area (Å²) in [6.45, 7) is 1.73. The molecule has 2 aromatic carbocycles. The van der Waals surface area contributed by atoms with Crippen molar-refractivity contribution < 1.29 is 14.2 Å². The summed E-state index contributed by atoms with van der Waals surface area (Å²) in [6.07, 6.45) is 0. The molecular formula is C22H21BrN4O3. The van der Waals surface area contributed by atoms with Crippen LogP contribution in [0.4, 0.5) is 11.6 Å². The van der Waals surface area contributed by atoms with E-state index in [1.165, 1.54) is 0 Å². The normalized spacial score (nSPS) is 11.1. The first kappa shape index (κ1) is 20.2. The lowest BCUT2D eigenvalue weighted by molar-refractivity contribution is 0.0771. The molecule has 0 aliphatic heterocycles. The van der Waals surface area contributed by atoms with Gasteiger partial charge in [0, 0.05) is 10.8 Å². The number of halogens is 1. The van der Waals surface area contributed by atoms with Gasteiger partial charge in [-0.25, -0.2) is 9.97 Å². The van der Waals surface area contributed by atoms with Crippen molar-refractivity contribution in [2.75, 3.05) is 37.9 Å². The lowest BCUT2D eigenvalue weighted by atomic mass is 10.2. The summed E-state index contributed by atoms with van der Waals surface area (Å²) >= 11 is 3.41. The van der Waals surface area contributed by atoms with Gasteiger partial charge in [0.1, 0.15) is 36.3 Å². The second kappa shape index (κ2) is 9.15. The number of fused-ring (bicyclic) bond motifs is 2. The van der Waals surface area contributed by atoms with Gasteiger partial charge < -0.3 is 25.7 Å². The van der Waals surface area contributed by atoms with Crippen molar-refractivity contribution in [2.24, 2.45) is 0 Å². The van der Waals surface area contributed by atoms with Crippen LogP contribution in [-0.2, 0) is 4.74 Å². The lowest BCUT2D eigenvalue weighted by Gasteiger charge is -2.11. The smallest absolute Gasteiger partial charge is 0.138 e. The van der Waals surface area contributed by atoms with Crippen LogP contribution in [0.2, 0.25) is 0 Å². The number of pyridine rings is 2. The maximum atomic E-state index is 5.86. The predicted octanol–water partition coefficient (Wildman–Crippen LogP) is 4.18. The fourth-order valence-electron chi connectivity index (χ4n) is 3.08. The van der Waals surface area contributed by atoms with Crippen LogP contribution in [0.1, 0.15) is 0 Å². The molecule has 7 nitrogen and oxygen atoms in total. The molecule has 30 heavy (non-hydrogen) atoms. The number of hydrogen-bond donors (Lipinski definition) is 2. The standard InChI is InChI=1S/C22H21BrN4O3/c23-16-13-15-18(27-22(16)25)4-2-6-20(15)30-12-10-28-9-11-29-19-5-1-3-17-14(19)7-8-21(24)26-17/h1-8,13H,9-12H2,(H2,24,26)(H2,25,27). The van der Waals surface area contributed by atoms with Crippen LogP contribution >= 0.6 is 15.9 Å². The summed E-state index contributed by atoms with van der Waals surface area (Å²) in [4.78, 5) is 8.65. The molecule has 0 aliphatic carbocycles. The van der Waals surface area contributed by atoms with E-state index in [9.17, 15) is 0 Å². The number of aromatic nitrogens is 2. The Labute approximate surface area is 182 Å². The van der Waals surface area contributed by atoms with E-state index >= 15 is 0 Å². The fraction of sp³-hybridized carbons (Fsp3) is 0.182. The van der Waals surface area contributed by atoms with E-state index in [-0.39, 0.29) is 0 Å². The number of nitrogen functional groups attached to an aromatic ring is 2. The lowest BCUT2D eigenvalue weighted by Crippen LogP contribution is -2.12. The second-order valence-corrected chi connectivity index (χ2v) is 7.40. The first-order chi connectivity index (χ1) is 14.6. The number of rotatable bonds is 8. The summed E-state index contributed by atoms with van der Waals surface area (Å²) in [5.74, 6) is 2.44. The summed E-state index contributed by atoms with van der Waals surface area (Å²) in [7, 11) is 0. The van der Waals surface area contributed by atoms with Crippen molar-refractivity contribution in [1.29, 1.82) is 0 Å². The Balaban J connectivity index is 1.25. The van der Waals surface area contributed by atoms with Crippen LogP contribution in [0.25, 0.3) is 21.8 Å². The van der Waals surface area contributed by atoms with Gasteiger partial charge in [-0.15, -0.1) is 0 Å². The van der Waals surface area contributed by atoms with Crippen LogP contribution in [0.5, 0.6) is 11.5 Å². The zero-order chi connectivity index (χ0) is 20.9. The Bertz CT molecular complexity index is 1190. The number of nitrogens with zero attached hydrogens (tertiary/aromatic N) is 2. The molecule has 0 spiro atoms. The highest BCUT2D eigenvalue weighted by molar-refractivity contribution is 9.10. The van der Waals surface area contributed by atoms with Gasteiger partial charge in [0.05, 0.1) is 28.7 Å². The number of benzene rings is 2.